The quantitative estimate of drug-likeness (QED) is 0.469. The smallest absolute Gasteiger partial charge is 0.270 e. The Balaban J connectivity index is 0.00000160. The molecule has 0 radical (unpaired) electrons. The molecule has 34 heavy (non-hydrogen) atoms. The van der Waals surface area contributed by atoms with Crippen LogP contribution in [0.15, 0.2) is 34.9 Å². The van der Waals surface area contributed by atoms with E-state index in [9.17, 15) is 8.42 Å². The zero-order chi connectivity index (χ0) is 23.9. The summed E-state index contributed by atoms with van der Waals surface area (Å²) in [5.41, 5.74) is 8.36. The summed E-state index contributed by atoms with van der Waals surface area (Å²) >= 11 is 0. The third kappa shape index (κ3) is 4.61. The molecule has 1 unspecified atom stereocenters. The number of nitrogens with two attached hydrogens (primary N) is 1. The van der Waals surface area contributed by atoms with Crippen LogP contribution in [0.4, 0.5) is 11.6 Å². The highest BCUT2D eigenvalue weighted by Gasteiger charge is 2.45. The van der Waals surface area contributed by atoms with Crippen molar-refractivity contribution in [1.82, 2.24) is 25.5 Å². The lowest BCUT2D eigenvalue weighted by Gasteiger charge is -2.21. The maximum Gasteiger partial charge on any atom is 0.270 e. The number of nitrogen functional groups attached to an aromatic ring is 1. The van der Waals surface area contributed by atoms with Crippen LogP contribution >= 0.6 is 0 Å². The number of hydrogen-bond donors (Lipinski definition) is 2. The molecule has 0 spiro atoms. The lowest BCUT2D eigenvalue weighted by Crippen LogP contribution is -2.28. The van der Waals surface area contributed by atoms with Gasteiger partial charge in [0.25, 0.3) is 16.0 Å². The number of hydrogen-bond acceptors (Lipinski definition) is 11. The molecule has 1 saturated carbocycles. The summed E-state index contributed by atoms with van der Waals surface area (Å²) in [6.45, 7) is 2.16. The Kier molecular flexibility index (Phi) is 5.96. The Morgan fingerprint density at radius 1 is 1.21 bits per heavy atom. The molecule has 3 heterocycles. The van der Waals surface area contributed by atoms with Gasteiger partial charge in [-0.3, -0.25) is 4.18 Å². The van der Waals surface area contributed by atoms with Crippen molar-refractivity contribution in [3.8, 4) is 23.0 Å². The molecule has 2 aromatic heterocycles. The highest BCUT2D eigenvalue weighted by molar-refractivity contribution is 7.86. The SMILES string of the molecule is CNCc1ccc(-c2nnc(-c3nc(N4C[C@H]5CCC(OS(C)(=O)=O)[C@H]5C4)cnc3N)o2)cc1.[HH].[HH].[HH]. The van der Waals surface area contributed by atoms with E-state index in [2.05, 4.69) is 30.4 Å². The second kappa shape index (κ2) is 8.93. The Bertz CT molecular complexity index is 1290. The Labute approximate surface area is 202 Å². The predicted octanol–water partition coefficient (Wildman–Crippen LogP) is 2.42. The fourth-order valence-corrected chi connectivity index (χ4v) is 5.54. The van der Waals surface area contributed by atoms with E-state index in [0.29, 0.717) is 29.9 Å². The molecule has 3 aromatic rings. The Morgan fingerprint density at radius 2 is 1.97 bits per heavy atom. The van der Waals surface area contributed by atoms with Crippen molar-refractivity contribution >= 4 is 21.8 Å². The number of nitrogens with one attached hydrogen (secondary N) is 1. The second-order valence-electron chi connectivity index (χ2n) is 8.85. The second-order valence-corrected chi connectivity index (χ2v) is 10.4. The van der Waals surface area contributed by atoms with E-state index in [0.717, 1.165) is 43.3 Å². The van der Waals surface area contributed by atoms with Crippen molar-refractivity contribution < 1.29 is 21.3 Å². The van der Waals surface area contributed by atoms with Crippen LogP contribution in [0.5, 0.6) is 0 Å². The number of fused-ring (bicyclic) bond motifs is 1. The van der Waals surface area contributed by atoms with Gasteiger partial charge in [0.1, 0.15) is 5.82 Å². The van der Waals surface area contributed by atoms with Gasteiger partial charge in [-0.25, -0.2) is 9.97 Å². The Morgan fingerprint density at radius 3 is 2.71 bits per heavy atom. The standard InChI is InChI=1S/C22H27N7O4S.3H2/c1-24-9-13-3-5-14(6-4-13)21-27-28-22(32-21)19-20(23)25-10-18(26-19)29-11-15-7-8-17(16(15)12-29)33-34(2,30)31;;;/h3-6,10,15-17,24H,7-9,11-12H2,1-2H3,(H2,23,25);3*1H/t15-,16+,17?;;;/m1.../s1. The summed E-state index contributed by atoms with van der Waals surface area (Å²) in [7, 11) is -1.60. The largest absolute Gasteiger partial charge is 0.414 e. The van der Waals surface area contributed by atoms with Crippen molar-refractivity contribution in [3.05, 3.63) is 36.0 Å². The zero-order valence-electron chi connectivity index (χ0n) is 19.0. The molecule has 5 rings (SSSR count). The number of rotatable bonds is 7. The molecular formula is C22H33N7O4S. The van der Waals surface area contributed by atoms with Gasteiger partial charge in [0.2, 0.25) is 5.89 Å². The van der Waals surface area contributed by atoms with Gasteiger partial charge >= 0.3 is 0 Å². The molecule has 3 atom stereocenters. The first-order chi connectivity index (χ1) is 16.3. The zero-order valence-corrected chi connectivity index (χ0v) is 19.8. The first kappa shape index (κ1) is 22.7. The van der Waals surface area contributed by atoms with Gasteiger partial charge < -0.3 is 20.4 Å². The molecule has 1 aliphatic heterocycles. The lowest BCUT2D eigenvalue weighted by atomic mass is 10.00. The van der Waals surface area contributed by atoms with Gasteiger partial charge in [0.15, 0.2) is 11.5 Å². The van der Waals surface area contributed by atoms with Gasteiger partial charge in [-0.1, -0.05) is 12.1 Å². The van der Waals surface area contributed by atoms with Gasteiger partial charge in [-0.15, -0.1) is 10.2 Å². The molecule has 3 N–H and O–H groups in total. The van der Waals surface area contributed by atoms with E-state index in [-0.39, 0.29) is 28.0 Å². The van der Waals surface area contributed by atoms with E-state index in [1.165, 1.54) is 0 Å². The molecular weight excluding hydrogens is 458 g/mol. The average molecular weight is 492 g/mol. The third-order valence-electron chi connectivity index (χ3n) is 6.41. The number of aromatic nitrogens is 4. The summed E-state index contributed by atoms with van der Waals surface area (Å²) in [5, 5.41) is 11.4. The molecule has 186 valence electrons. The summed E-state index contributed by atoms with van der Waals surface area (Å²) in [4.78, 5) is 11.1. The summed E-state index contributed by atoms with van der Waals surface area (Å²) in [6.07, 6.45) is 4.07. The maximum absolute atomic E-state index is 11.6. The predicted molar refractivity (Wildman–Crippen MR) is 132 cm³/mol. The minimum atomic E-state index is -3.50. The topological polar surface area (TPSA) is 149 Å². The van der Waals surface area contributed by atoms with Crippen LogP contribution in [0, 0.1) is 11.8 Å². The molecule has 1 aromatic carbocycles. The molecule has 12 heteroatoms. The molecule has 1 aliphatic carbocycles. The van der Waals surface area contributed by atoms with Crippen molar-refractivity contribution in [3.63, 3.8) is 0 Å². The van der Waals surface area contributed by atoms with Gasteiger partial charge in [0.05, 0.1) is 18.6 Å². The summed E-state index contributed by atoms with van der Waals surface area (Å²) in [6, 6.07) is 7.84. The normalized spacial score (nSPS) is 22.3. The monoisotopic (exact) mass is 491 g/mol. The third-order valence-corrected chi connectivity index (χ3v) is 7.01. The molecule has 0 bridgehead atoms. The van der Waals surface area contributed by atoms with Crippen molar-refractivity contribution in [1.29, 1.82) is 0 Å². The number of nitrogens with zero attached hydrogens (tertiary/aromatic N) is 5. The Hall–Kier alpha value is -3.09. The van der Waals surface area contributed by atoms with E-state index in [4.69, 9.17) is 14.3 Å². The van der Waals surface area contributed by atoms with Crippen LogP contribution in [0.1, 0.15) is 22.7 Å². The first-order valence-electron chi connectivity index (χ1n) is 11.1. The van der Waals surface area contributed by atoms with E-state index < -0.39 is 10.1 Å². The molecule has 1 saturated heterocycles. The van der Waals surface area contributed by atoms with Crippen molar-refractivity contribution in [2.45, 2.75) is 25.5 Å². The summed E-state index contributed by atoms with van der Waals surface area (Å²) < 4.78 is 34.4. The number of anilines is 2. The fraction of sp³-hybridized carbons (Fsp3) is 0.455. The van der Waals surface area contributed by atoms with Crippen molar-refractivity contribution in [2.75, 3.05) is 37.0 Å². The van der Waals surface area contributed by atoms with Crippen LogP contribution < -0.4 is 16.0 Å². The summed E-state index contributed by atoms with van der Waals surface area (Å²) in [5.74, 6) is 1.86. The van der Waals surface area contributed by atoms with Crippen LogP contribution in [-0.4, -0.2) is 61.1 Å². The maximum atomic E-state index is 11.6. The molecule has 2 aliphatic rings. The fourth-order valence-electron chi connectivity index (χ4n) is 4.85. The molecule has 0 amide bonds. The van der Waals surface area contributed by atoms with Crippen molar-refractivity contribution in [2.24, 2.45) is 11.8 Å². The first-order valence-corrected chi connectivity index (χ1v) is 13.0. The van der Waals surface area contributed by atoms with Crippen LogP contribution in [-0.2, 0) is 20.8 Å². The molecule has 11 nitrogen and oxygen atoms in total. The van der Waals surface area contributed by atoms with E-state index in [1.54, 1.807) is 6.20 Å². The minimum Gasteiger partial charge on any atom is -0.414 e. The highest BCUT2D eigenvalue weighted by Crippen LogP contribution is 2.41. The van der Waals surface area contributed by atoms with Gasteiger partial charge in [-0.2, -0.15) is 8.42 Å². The van der Waals surface area contributed by atoms with Crippen LogP contribution in [0.25, 0.3) is 23.0 Å². The van der Waals surface area contributed by atoms with Gasteiger partial charge in [-0.05, 0) is 43.5 Å². The molecule has 2 fully saturated rings. The van der Waals surface area contributed by atoms with E-state index >= 15 is 0 Å². The number of benzene rings is 1. The highest BCUT2D eigenvalue weighted by atomic mass is 32.2. The van der Waals surface area contributed by atoms with Gasteiger partial charge in [0, 0.05) is 35.4 Å². The lowest BCUT2D eigenvalue weighted by molar-refractivity contribution is 0.168. The van der Waals surface area contributed by atoms with Crippen LogP contribution in [0.2, 0.25) is 0 Å². The minimum absolute atomic E-state index is 0. The van der Waals surface area contributed by atoms with Crippen LogP contribution in [0.3, 0.4) is 0 Å². The average Bonchev–Trinajstić information content (AvgIpc) is 3.52. The van der Waals surface area contributed by atoms with E-state index in [1.807, 2.05) is 31.3 Å².